The summed E-state index contributed by atoms with van der Waals surface area (Å²) in [6.07, 6.45) is 8.91. The van der Waals surface area contributed by atoms with E-state index in [0.717, 1.165) is 25.7 Å². The molecule has 0 aliphatic carbocycles. The Hall–Kier alpha value is -1.42. The second-order valence-electron chi connectivity index (χ2n) is 5.68. The third-order valence-electron chi connectivity index (χ3n) is 3.60. The molecule has 0 unspecified atom stereocenters. The predicted octanol–water partition coefficient (Wildman–Crippen LogP) is 7.98. The second kappa shape index (κ2) is 12.0. The van der Waals surface area contributed by atoms with E-state index in [0.29, 0.717) is 0 Å². The molecule has 132 valence electrons. The molecule has 0 bridgehead atoms. The van der Waals surface area contributed by atoms with Crippen LogP contribution >= 0.6 is 24.1 Å². The standard InChI is InChI=1S/C22H26OS2/c1-3-5-17-21(19-13-9-7-10-14-19)24-23-25-22(18-6-4-2)20-15-11-8-12-16-20/h7-18H,3-6H2,1-2H3. The van der Waals surface area contributed by atoms with Gasteiger partial charge >= 0.3 is 0 Å². The van der Waals surface area contributed by atoms with Crippen LogP contribution in [0.1, 0.15) is 50.7 Å². The van der Waals surface area contributed by atoms with Gasteiger partial charge in [-0.05, 0) is 24.0 Å². The van der Waals surface area contributed by atoms with E-state index in [2.05, 4.69) is 74.5 Å². The summed E-state index contributed by atoms with van der Waals surface area (Å²) >= 11 is 2.91. The molecule has 2 rings (SSSR count). The molecule has 0 aliphatic heterocycles. The summed E-state index contributed by atoms with van der Waals surface area (Å²) < 4.78 is 5.96. The van der Waals surface area contributed by atoms with Crippen molar-refractivity contribution in [3.63, 3.8) is 0 Å². The van der Waals surface area contributed by atoms with Crippen LogP contribution in [-0.4, -0.2) is 0 Å². The summed E-state index contributed by atoms with van der Waals surface area (Å²) in [5, 5.41) is 0. The van der Waals surface area contributed by atoms with Gasteiger partial charge in [0.1, 0.15) is 0 Å². The molecule has 0 saturated carbocycles. The summed E-state index contributed by atoms with van der Waals surface area (Å²) in [4.78, 5) is 2.36. The molecule has 0 fully saturated rings. The lowest BCUT2D eigenvalue weighted by atomic mass is 10.2. The first-order valence-corrected chi connectivity index (χ1v) is 10.4. The Labute approximate surface area is 161 Å². The summed E-state index contributed by atoms with van der Waals surface area (Å²) in [6.45, 7) is 4.39. The lowest BCUT2D eigenvalue weighted by Crippen LogP contribution is -1.83. The minimum absolute atomic E-state index is 1.06. The highest BCUT2D eigenvalue weighted by atomic mass is 32.2. The maximum absolute atomic E-state index is 5.96. The molecule has 0 atom stereocenters. The van der Waals surface area contributed by atoms with E-state index in [9.17, 15) is 0 Å². The summed E-state index contributed by atoms with van der Waals surface area (Å²) in [5.74, 6) is 0. The van der Waals surface area contributed by atoms with Crippen LogP contribution in [0.4, 0.5) is 0 Å². The van der Waals surface area contributed by atoms with Crippen LogP contribution in [-0.2, 0) is 3.63 Å². The van der Waals surface area contributed by atoms with Crippen LogP contribution in [0, 0.1) is 0 Å². The van der Waals surface area contributed by atoms with Gasteiger partial charge in [0.2, 0.25) is 0 Å². The fraction of sp³-hybridized carbons (Fsp3) is 0.273. The largest absolute Gasteiger partial charge is 0.237 e. The molecule has 0 spiro atoms. The SMILES string of the molecule is CCCC=C(SOSC(=CCCC)c1ccccc1)c1ccccc1. The summed E-state index contributed by atoms with van der Waals surface area (Å²) in [7, 11) is 0. The van der Waals surface area contributed by atoms with Crippen LogP contribution < -0.4 is 0 Å². The van der Waals surface area contributed by atoms with Crippen molar-refractivity contribution in [3.8, 4) is 0 Å². The molecule has 0 aliphatic rings. The Bertz CT molecular complexity index is 603. The minimum Gasteiger partial charge on any atom is -0.237 e. The van der Waals surface area contributed by atoms with Gasteiger partial charge in [-0.25, -0.2) is 3.63 Å². The van der Waals surface area contributed by atoms with Crippen LogP contribution in [0.3, 0.4) is 0 Å². The monoisotopic (exact) mass is 370 g/mol. The van der Waals surface area contributed by atoms with Crippen molar-refractivity contribution in [1.29, 1.82) is 0 Å². The first-order chi connectivity index (χ1) is 12.3. The highest BCUT2D eigenvalue weighted by molar-refractivity contribution is 8.16. The van der Waals surface area contributed by atoms with E-state index in [-0.39, 0.29) is 0 Å². The van der Waals surface area contributed by atoms with E-state index in [1.54, 1.807) is 0 Å². The normalized spacial score (nSPS) is 12.4. The smallest absolute Gasteiger partial charge is 0.0450 e. The Morgan fingerprint density at radius 2 is 1.12 bits per heavy atom. The van der Waals surface area contributed by atoms with E-state index >= 15 is 0 Å². The minimum atomic E-state index is 1.06. The van der Waals surface area contributed by atoms with Crippen molar-refractivity contribution < 1.29 is 3.63 Å². The molecule has 0 saturated heterocycles. The molecule has 3 heteroatoms. The maximum atomic E-state index is 5.96. The number of rotatable bonds is 10. The Morgan fingerprint density at radius 3 is 1.48 bits per heavy atom. The number of allylic oxidation sites excluding steroid dienone is 2. The average Bonchev–Trinajstić information content (AvgIpc) is 2.68. The van der Waals surface area contributed by atoms with Gasteiger partial charge < -0.3 is 0 Å². The topological polar surface area (TPSA) is 9.23 Å². The molecule has 1 nitrogen and oxygen atoms in total. The Morgan fingerprint density at radius 1 is 0.720 bits per heavy atom. The van der Waals surface area contributed by atoms with E-state index in [1.807, 2.05) is 12.1 Å². The van der Waals surface area contributed by atoms with Crippen molar-refractivity contribution in [2.45, 2.75) is 39.5 Å². The molecule has 0 N–H and O–H groups in total. The average molecular weight is 371 g/mol. The predicted molar refractivity (Wildman–Crippen MR) is 115 cm³/mol. The van der Waals surface area contributed by atoms with Crippen molar-refractivity contribution in [2.24, 2.45) is 0 Å². The Balaban J connectivity index is 2.03. The summed E-state index contributed by atoms with van der Waals surface area (Å²) in [5.41, 5.74) is 2.42. The molecule has 0 aromatic heterocycles. The number of unbranched alkanes of at least 4 members (excludes halogenated alkanes) is 2. The quantitative estimate of drug-likeness (QED) is 0.392. The molecule has 0 amide bonds. The molecule has 2 aromatic rings. The number of hydrogen-bond donors (Lipinski definition) is 0. The van der Waals surface area contributed by atoms with Gasteiger partial charge in [-0.1, -0.05) is 99.5 Å². The lowest BCUT2D eigenvalue weighted by molar-refractivity contribution is 0.775. The number of benzene rings is 2. The highest BCUT2D eigenvalue weighted by Crippen LogP contribution is 2.38. The van der Waals surface area contributed by atoms with Crippen molar-refractivity contribution in [2.75, 3.05) is 0 Å². The molecule has 0 heterocycles. The molecule has 25 heavy (non-hydrogen) atoms. The molecular weight excluding hydrogens is 344 g/mol. The van der Waals surface area contributed by atoms with Crippen LogP contribution in [0.25, 0.3) is 9.81 Å². The molecule has 0 radical (unpaired) electrons. The van der Waals surface area contributed by atoms with Gasteiger partial charge in [-0.3, -0.25) is 0 Å². The van der Waals surface area contributed by atoms with Crippen LogP contribution in [0.15, 0.2) is 72.8 Å². The van der Waals surface area contributed by atoms with Gasteiger partial charge in [0.05, 0.1) is 0 Å². The maximum Gasteiger partial charge on any atom is 0.0450 e. The zero-order chi connectivity index (χ0) is 17.7. The first kappa shape index (κ1) is 19.9. The van der Waals surface area contributed by atoms with E-state index in [4.69, 9.17) is 3.63 Å². The van der Waals surface area contributed by atoms with Gasteiger partial charge in [0.15, 0.2) is 0 Å². The fourth-order valence-electron chi connectivity index (χ4n) is 2.25. The van der Waals surface area contributed by atoms with Gasteiger partial charge in [0, 0.05) is 33.9 Å². The van der Waals surface area contributed by atoms with Crippen LogP contribution in [0.5, 0.6) is 0 Å². The lowest BCUT2D eigenvalue weighted by Gasteiger charge is -2.09. The fourth-order valence-corrected chi connectivity index (χ4v) is 3.80. The van der Waals surface area contributed by atoms with Crippen LogP contribution in [0.2, 0.25) is 0 Å². The van der Waals surface area contributed by atoms with Crippen molar-refractivity contribution >= 4 is 33.9 Å². The second-order valence-corrected chi connectivity index (χ2v) is 7.44. The zero-order valence-corrected chi connectivity index (χ0v) is 16.6. The van der Waals surface area contributed by atoms with Gasteiger partial charge in [0.25, 0.3) is 0 Å². The van der Waals surface area contributed by atoms with E-state index in [1.165, 1.54) is 45.0 Å². The van der Waals surface area contributed by atoms with E-state index < -0.39 is 0 Å². The third-order valence-corrected chi connectivity index (χ3v) is 5.31. The first-order valence-electron chi connectivity index (χ1n) is 8.87. The van der Waals surface area contributed by atoms with Crippen molar-refractivity contribution in [1.82, 2.24) is 0 Å². The Kier molecular flexibility index (Phi) is 9.57. The zero-order valence-electron chi connectivity index (χ0n) is 15.0. The molecule has 2 aromatic carbocycles. The third kappa shape index (κ3) is 7.15. The summed E-state index contributed by atoms with van der Waals surface area (Å²) in [6, 6.07) is 20.9. The van der Waals surface area contributed by atoms with Crippen molar-refractivity contribution in [3.05, 3.63) is 83.9 Å². The number of hydrogen-bond acceptors (Lipinski definition) is 3. The van der Waals surface area contributed by atoms with Gasteiger partial charge in [-0.15, -0.1) is 0 Å². The molecular formula is C22H26OS2. The van der Waals surface area contributed by atoms with Gasteiger partial charge in [-0.2, -0.15) is 0 Å². The highest BCUT2D eigenvalue weighted by Gasteiger charge is 2.07.